The molecule has 0 aliphatic carbocycles. The van der Waals surface area contributed by atoms with Gasteiger partial charge in [-0.25, -0.2) is 19.6 Å². The van der Waals surface area contributed by atoms with Crippen LogP contribution in [-0.4, -0.2) is 50.9 Å². The third kappa shape index (κ3) is 3.39. The van der Waals surface area contributed by atoms with Gasteiger partial charge in [-0.2, -0.15) is 10.4 Å². The number of hydrogen-bond donors (Lipinski definition) is 0. The normalized spacial score (nSPS) is 14.2. The number of pyridine rings is 1. The van der Waals surface area contributed by atoms with Crippen molar-refractivity contribution in [2.24, 2.45) is 0 Å². The first-order valence-corrected chi connectivity index (χ1v) is 9.29. The second-order valence-corrected chi connectivity index (χ2v) is 6.93. The third-order valence-corrected chi connectivity index (χ3v) is 4.85. The van der Waals surface area contributed by atoms with Gasteiger partial charge in [-0.05, 0) is 39.0 Å². The largest absolute Gasteiger partial charge is 0.353 e. The van der Waals surface area contributed by atoms with E-state index in [-0.39, 0.29) is 0 Å². The summed E-state index contributed by atoms with van der Waals surface area (Å²) in [5.74, 6) is 3.16. The summed E-state index contributed by atoms with van der Waals surface area (Å²) in [7, 11) is 0. The van der Waals surface area contributed by atoms with E-state index in [1.165, 1.54) is 0 Å². The Hall–Kier alpha value is -3.47. The molecule has 4 rings (SSSR count). The van der Waals surface area contributed by atoms with Crippen molar-refractivity contribution >= 4 is 11.6 Å². The van der Waals surface area contributed by atoms with Gasteiger partial charge in [0.15, 0.2) is 5.82 Å². The quantitative estimate of drug-likeness (QED) is 0.694. The maximum absolute atomic E-state index is 9.32. The Morgan fingerprint density at radius 1 is 0.964 bits per heavy atom. The highest BCUT2D eigenvalue weighted by Gasteiger charge is 2.22. The van der Waals surface area contributed by atoms with Gasteiger partial charge in [-0.15, -0.1) is 0 Å². The van der Waals surface area contributed by atoms with E-state index < -0.39 is 0 Å². The minimum atomic E-state index is 0.612. The summed E-state index contributed by atoms with van der Waals surface area (Å²) < 4.78 is 1.86. The minimum absolute atomic E-state index is 0.612. The molecule has 1 fully saturated rings. The van der Waals surface area contributed by atoms with E-state index in [4.69, 9.17) is 0 Å². The van der Waals surface area contributed by atoms with E-state index >= 15 is 0 Å². The summed E-state index contributed by atoms with van der Waals surface area (Å²) in [6.45, 7) is 9.07. The fourth-order valence-electron chi connectivity index (χ4n) is 3.55. The lowest BCUT2D eigenvalue weighted by Gasteiger charge is -2.36. The lowest BCUT2D eigenvalue weighted by atomic mass is 10.2. The topological polar surface area (TPSA) is 86.8 Å². The molecule has 0 bridgehead atoms. The van der Waals surface area contributed by atoms with Crippen LogP contribution in [-0.2, 0) is 0 Å². The minimum Gasteiger partial charge on any atom is -0.353 e. The molecule has 1 aliphatic heterocycles. The number of hydrogen-bond acceptors (Lipinski definition) is 7. The Labute approximate surface area is 164 Å². The maximum Gasteiger partial charge on any atom is 0.159 e. The lowest BCUT2D eigenvalue weighted by molar-refractivity contribution is 0.638. The summed E-state index contributed by atoms with van der Waals surface area (Å²) in [4.78, 5) is 18.0. The number of aromatic nitrogens is 5. The fourth-order valence-corrected chi connectivity index (χ4v) is 3.55. The van der Waals surface area contributed by atoms with Crippen molar-refractivity contribution < 1.29 is 0 Å². The number of nitriles is 1. The predicted octanol–water partition coefficient (Wildman–Crippen LogP) is 2.18. The molecular weight excluding hydrogens is 352 g/mol. The average Bonchev–Trinajstić information content (AvgIpc) is 3.05. The predicted molar refractivity (Wildman–Crippen MR) is 107 cm³/mol. The summed E-state index contributed by atoms with van der Waals surface area (Å²) >= 11 is 0. The third-order valence-electron chi connectivity index (χ3n) is 4.85. The van der Waals surface area contributed by atoms with E-state index in [1.54, 1.807) is 12.3 Å². The second-order valence-electron chi connectivity index (χ2n) is 6.93. The summed E-state index contributed by atoms with van der Waals surface area (Å²) in [5, 5.41) is 13.9. The summed E-state index contributed by atoms with van der Waals surface area (Å²) in [6, 6.07) is 9.86. The highest BCUT2D eigenvalue weighted by atomic mass is 15.3. The average molecular weight is 374 g/mol. The molecule has 4 heterocycles. The molecule has 3 aromatic heterocycles. The first-order valence-electron chi connectivity index (χ1n) is 9.29. The standard InChI is InChI=1S/C20H22N8/c1-14-11-15(2)28(25-14)19-12-18(23-16(3)24-19)26-7-9-27(10-8-26)20-17(13-21)5-4-6-22-20/h4-6,11-12H,7-10H2,1-3H3. The van der Waals surface area contributed by atoms with Crippen molar-refractivity contribution in [2.75, 3.05) is 36.0 Å². The molecule has 0 amide bonds. The van der Waals surface area contributed by atoms with Gasteiger partial charge < -0.3 is 9.80 Å². The highest BCUT2D eigenvalue weighted by molar-refractivity contribution is 5.55. The molecule has 0 radical (unpaired) electrons. The van der Waals surface area contributed by atoms with Crippen LogP contribution in [0.3, 0.4) is 0 Å². The Balaban J connectivity index is 1.55. The molecule has 0 aromatic carbocycles. The van der Waals surface area contributed by atoms with Crippen molar-refractivity contribution in [3.63, 3.8) is 0 Å². The molecule has 28 heavy (non-hydrogen) atoms. The fraction of sp³-hybridized carbons (Fsp3) is 0.350. The molecule has 1 aliphatic rings. The number of rotatable bonds is 3. The molecule has 3 aromatic rings. The summed E-state index contributed by atoms with van der Waals surface area (Å²) in [6.07, 6.45) is 1.73. The zero-order valence-corrected chi connectivity index (χ0v) is 16.3. The van der Waals surface area contributed by atoms with Gasteiger partial charge in [-0.3, -0.25) is 0 Å². The van der Waals surface area contributed by atoms with Crippen molar-refractivity contribution in [1.82, 2.24) is 24.7 Å². The van der Waals surface area contributed by atoms with Gasteiger partial charge in [0.2, 0.25) is 0 Å². The molecule has 8 heteroatoms. The van der Waals surface area contributed by atoms with Gasteiger partial charge in [0, 0.05) is 44.1 Å². The van der Waals surface area contributed by atoms with Gasteiger partial charge in [0.1, 0.15) is 23.5 Å². The van der Waals surface area contributed by atoms with Crippen LogP contribution >= 0.6 is 0 Å². The molecule has 8 nitrogen and oxygen atoms in total. The van der Waals surface area contributed by atoms with E-state index in [0.717, 1.165) is 60.8 Å². The van der Waals surface area contributed by atoms with Crippen LogP contribution in [0.1, 0.15) is 22.8 Å². The van der Waals surface area contributed by atoms with Gasteiger partial charge >= 0.3 is 0 Å². The van der Waals surface area contributed by atoms with E-state index in [2.05, 4.69) is 35.9 Å². The first kappa shape index (κ1) is 17.9. The van der Waals surface area contributed by atoms with Crippen molar-refractivity contribution in [1.29, 1.82) is 5.26 Å². The molecule has 142 valence electrons. The molecule has 0 saturated carbocycles. The molecular formula is C20H22N8. The number of aryl methyl sites for hydroxylation is 3. The highest BCUT2D eigenvalue weighted by Crippen LogP contribution is 2.22. The number of piperazine rings is 1. The van der Waals surface area contributed by atoms with Crippen LogP contribution in [0.2, 0.25) is 0 Å². The first-order chi connectivity index (χ1) is 13.5. The monoisotopic (exact) mass is 374 g/mol. The van der Waals surface area contributed by atoms with Crippen molar-refractivity contribution in [3.05, 3.63) is 53.2 Å². The Morgan fingerprint density at radius 2 is 1.68 bits per heavy atom. The maximum atomic E-state index is 9.32. The number of nitrogens with zero attached hydrogens (tertiary/aromatic N) is 8. The van der Waals surface area contributed by atoms with Gasteiger partial charge in [0.05, 0.1) is 11.3 Å². The van der Waals surface area contributed by atoms with E-state index in [0.29, 0.717) is 5.56 Å². The van der Waals surface area contributed by atoms with Crippen LogP contribution in [0.4, 0.5) is 11.6 Å². The Kier molecular flexibility index (Phi) is 4.65. The smallest absolute Gasteiger partial charge is 0.159 e. The second kappa shape index (κ2) is 7.27. The van der Waals surface area contributed by atoms with Crippen LogP contribution in [0, 0.1) is 32.1 Å². The lowest BCUT2D eigenvalue weighted by Crippen LogP contribution is -2.47. The number of anilines is 2. The Bertz CT molecular complexity index is 1040. The Morgan fingerprint density at radius 3 is 2.36 bits per heavy atom. The summed E-state index contributed by atoms with van der Waals surface area (Å²) in [5.41, 5.74) is 2.62. The molecule has 0 atom stereocenters. The van der Waals surface area contributed by atoms with E-state index in [9.17, 15) is 5.26 Å². The van der Waals surface area contributed by atoms with Crippen LogP contribution < -0.4 is 9.80 Å². The zero-order chi connectivity index (χ0) is 19.7. The molecule has 0 unspecified atom stereocenters. The SMILES string of the molecule is Cc1cc(C)n(-c2cc(N3CCN(c4ncccc4C#N)CC3)nc(C)n2)n1. The van der Waals surface area contributed by atoms with Crippen LogP contribution in [0.5, 0.6) is 0 Å². The van der Waals surface area contributed by atoms with E-state index in [1.807, 2.05) is 43.7 Å². The van der Waals surface area contributed by atoms with Crippen LogP contribution in [0.15, 0.2) is 30.5 Å². The van der Waals surface area contributed by atoms with Crippen LogP contribution in [0.25, 0.3) is 5.82 Å². The molecule has 0 N–H and O–H groups in total. The molecule has 1 saturated heterocycles. The van der Waals surface area contributed by atoms with Crippen molar-refractivity contribution in [3.8, 4) is 11.9 Å². The van der Waals surface area contributed by atoms with Gasteiger partial charge in [-0.1, -0.05) is 0 Å². The zero-order valence-electron chi connectivity index (χ0n) is 16.3. The molecule has 0 spiro atoms. The van der Waals surface area contributed by atoms with Gasteiger partial charge in [0.25, 0.3) is 0 Å². The van der Waals surface area contributed by atoms with Crippen molar-refractivity contribution in [2.45, 2.75) is 20.8 Å².